The maximum atomic E-state index is 11.8. The quantitative estimate of drug-likeness (QED) is 0.635. The van der Waals surface area contributed by atoms with E-state index in [2.05, 4.69) is 9.97 Å². The number of nitrogens with zero attached hydrogens (tertiary/aromatic N) is 3. The van der Waals surface area contributed by atoms with Crippen molar-refractivity contribution in [3.05, 3.63) is 24.3 Å². The van der Waals surface area contributed by atoms with Gasteiger partial charge in [-0.1, -0.05) is 0 Å². The lowest BCUT2D eigenvalue weighted by atomic mass is 10.1. The summed E-state index contributed by atoms with van der Waals surface area (Å²) >= 11 is 0. The van der Waals surface area contributed by atoms with Gasteiger partial charge in [0.1, 0.15) is 11.9 Å². The third-order valence-corrected chi connectivity index (χ3v) is 2.24. The fourth-order valence-corrected chi connectivity index (χ4v) is 1.47. The molecule has 1 rings (SSSR count). The smallest absolute Gasteiger partial charge is 0.434 e. The molecule has 7 nitrogen and oxygen atoms in total. The van der Waals surface area contributed by atoms with Crippen molar-refractivity contribution in [2.45, 2.75) is 38.8 Å². The number of aliphatic hydroxyl groups excluding tert-OH is 1. The number of hydrogen-bond acceptors (Lipinski definition) is 6. The van der Waals surface area contributed by atoms with Gasteiger partial charge in [0, 0.05) is 24.6 Å². The highest BCUT2D eigenvalue weighted by Gasteiger charge is 2.28. The number of aromatic nitrogens is 2. The van der Waals surface area contributed by atoms with E-state index in [-0.39, 0.29) is 13.0 Å². The summed E-state index contributed by atoms with van der Waals surface area (Å²) in [6.45, 7) is 4.90. The number of aliphatic hydroxyl groups is 1. The second-order valence-corrected chi connectivity index (χ2v) is 5.02. The summed E-state index contributed by atoms with van der Waals surface area (Å²) in [5, 5.41) is 19.4. The Bertz CT molecular complexity index is 405. The molecule has 0 fully saturated rings. The maximum Gasteiger partial charge on any atom is 0.434 e. The summed E-state index contributed by atoms with van der Waals surface area (Å²) in [5.41, 5.74) is -0.195. The Morgan fingerprint density at radius 3 is 2.47 bits per heavy atom. The van der Waals surface area contributed by atoms with Crippen LogP contribution in [-0.4, -0.2) is 43.6 Å². The van der Waals surface area contributed by atoms with Crippen LogP contribution in [0.3, 0.4) is 0 Å². The molecule has 0 aliphatic rings. The summed E-state index contributed by atoms with van der Waals surface area (Å²) in [5.74, 6) is 0. The molecular formula is C12H19N3O4. The largest absolute Gasteiger partial charge is 0.442 e. The molecule has 1 heterocycles. The van der Waals surface area contributed by atoms with Gasteiger partial charge in [0.2, 0.25) is 0 Å². The molecule has 0 unspecified atom stereocenters. The zero-order valence-electron chi connectivity index (χ0n) is 11.3. The number of carbonyl (C=O) groups is 1. The van der Waals surface area contributed by atoms with Crippen molar-refractivity contribution in [1.29, 1.82) is 0 Å². The number of amides is 1. The minimum atomic E-state index is -0.880. The lowest BCUT2D eigenvalue weighted by Gasteiger charge is -2.28. The summed E-state index contributed by atoms with van der Waals surface area (Å²) in [6, 6.07) is -0.749. The minimum absolute atomic E-state index is 0.156. The van der Waals surface area contributed by atoms with Gasteiger partial charge < -0.3 is 9.84 Å². The maximum absolute atomic E-state index is 11.8. The van der Waals surface area contributed by atoms with E-state index in [0.29, 0.717) is 10.6 Å². The predicted octanol–water partition coefficient (Wildman–Crippen LogP) is 1.53. The number of carbonyl (C=O) groups excluding carboxylic acids is 1. The van der Waals surface area contributed by atoms with Gasteiger partial charge in [-0.2, -0.15) is 5.06 Å². The zero-order chi connectivity index (χ0) is 14.5. The molecule has 0 aliphatic heterocycles. The van der Waals surface area contributed by atoms with Crippen LogP contribution in [-0.2, 0) is 4.74 Å². The molecule has 0 aliphatic carbocycles. The number of ether oxygens (including phenoxy) is 1. The molecule has 1 atom stereocenters. The van der Waals surface area contributed by atoms with Crippen LogP contribution in [0, 0.1) is 0 Å². The molecule has 0 bridgehead atoms. The lowest BCUT2D eigenvalue weighted by molar-refractivity contribution is -0.125. The molecule has 19 heavy (non-hydrogen) atoms. The van der Waals surface area contributed by atoms with Gasteiger partial charge in [-0.05, 0) is 27.2 Å². The Morgan fingerprint density at radius 1 is 1.42 bits per heavy atom. The van der Waals surface area contributed by atoms with Gasteiger partial charge in [0.15, 0.2) is 0 Å². The fourth-order valence-electron chi connectivity index (χ4n) is 1.47. The van der Waals surface area contributed by atoms with Crippen LogP contribution in [0.5, 0.6) is 0 Å². The highest BCUT2D eigenvalue weighted by Crippen LogP contribution is 2.23. The standard InChI is InChI=1S/C12H19N3O4/c1-12(2,3)19-11(17)15(18)10(4-5-16)9-6-13-8-14-7-9/h6-8,10,16,18H,4-5H2,1-3H3/t10-/m0/s1. The second kappa shape index (κ2) is 6.44. The highest BCUT2D eigenvalue weighted by molar-refractivity contribution is 5.67. The van der Waals surface area contributed by atoms with Crippen molar-refractivity contribution in [1.82, 2.24) is 15.0 Å². The Kier molecular flexibility index (Phi) is 5.20. The van der Waals surface area contributed by atoms with Crippen LogP contribution < -0.4 is 0 Å². The van der Waals surface area contributed by atoms with Crippen LogP contribution in [0.1, 0.15) is 38.8 Å². The van der Waals surface area contributed by atoms with E-state index >= 15 is 0 Å². The molecule has 0 spiro atoms. The molecule has 0 aromatic carbocycles. The van der Waals surface area contributed by atoms with Gasteiger partial charge in [0.25, 0.3) is 0 Å². The number of hydroxylamine groups is 2. The minimum Gasteiger partial charge on any atom is -0.442 e. The molecule has 1 amide bonds. The number of rotatable bonds is 4. The number of hydrogen-bond donors (Lipinski definition) is 2. The Labute approximate surface area is 111 Å². The fraction of sp³-hybridized carbons (Fsp3) is 0.583. The molecule has 1 aromatic heterocycles. The third-order valence-electron chi connectivity index (χ3n) is 2.24. The Hall–Kier alpha value is -1.73. The van der Waals surface area contributed by atoms with E-state index < -0.39 is 17.7 Å². The van der Waals surface area contributed by atoms with Crippen molar-refractivity contribution in [3.63, 3.8) is 0 Å². The van der Waals surface area contributed by atoms with Crippen molar-refractivity contribution in [3.8, 4) is 0 Å². The first kappa shape index (κ1) is 15.3. The molecule has 0 saturated carbocycles. The van der Waals surface area contributed by atoms with Crippen LogP contribution in [0.4, 0.5) is 4.79 Å². The Morgan fingerprint density at radius 2 is 2.00 bits per heavy atom. The van der Waals surface area contributed by atoms with Crippen molar-refractivity contribution < 1.29 is 19.8 Å². The normalized spacial score (nSPS) is 12.9. The molecule has 1 aromatic rings. The Balaban J connectivity index is 2.85. The van der Waals surface area contributed by atoms with Crippen molar-refractivity contribution in [2.24, 2.45) is 0 Å². The van der Waals surface area contributed by atoms with Gasteiger partial charge in [-0.25, -0.2) is 14.8 Å². The predicted molar refractivity (Wildman–Crippen MR) is 66.3 cm³/mol. The monoisotopic (exact) mass is 269 g/mol. The van der Waals surface area contributed by atoms with Gasteiger partial charge in [-0.15, -0.1) is 0 Å². The van der Waals surface area contributed by atoms with E-state index in [1.165, 1.54) is 18.7 Å². The molecule has 0 saturated heterocycles. The van der Waals surface area contributed by atoms with Gasteiger partial charge >= 0.3 is 6.09 Å². The van der Waals surface area contributed by atoms with Crippen LogP contribution in [0.2, 0.25) is 0 Å². The van der Waals surface area contributed by atoms with Crippen molar-refractivity contribution in [2.75, 3.05) is 6.61 Å². The van der Waals surface area contributed by atoms with Gasteiger partial charge in [-0.3, -0.25) is 5.21 Å². The molecular weight excluding hydrogens is 250 g/mol. The molecule has 106 valence electrons. The second-order valence-electron chi connectivity index (χ2n) is 5.02. The van der Waals surface area contributed by atoms with E-state index in [9.17, 15) is 10.0 Å². The summed E-state index contributed by atoms with van der Waals surface area (Å²) < 4.78 is 5.06. The van der Waals surface area contributed by atoms with Gasteiger partial charge in [0.05, 0.1) is 6.04 Å². The topological polar surface area (TPSA) is 95.8 Å². The third kappa shape index (κ3) is 4.80. The summed E-state index contributed by atoms with van der Waals surface area (Å²) in [4.78, 5) is 19.4. The van der Waals surface area contributed by atoms with E-state index in [0.717, 1.165) is 0 Å². The van der Waals surface area contributed by atoms with E-state index in [1.54, 1.807) is 20.8 Å². The summed E-state index contributed by atoms with van der Waals surface area (Å²) in [7, 11) is 0. The molecule has 2 N–H and O–H groups in total. The van der Waals surface area contributed by atoms with E-state index in [1.807, 2.05) is 0 Å². The van der Waals surface area contributed by atoms with Crippen LogP contribution in [0.15, 0.2) is 18.7 Å². The average molecular weight is 269 g/mol. The first-order valence-electron chi connectivity index (χ1n) is 5.92. The zero-order valence-corrected chi connectivity index (χ0v) is 11.3. The summed E-state index contributed by atoms with van der Waals surface area (Å²) in [6.07, 6.45) is 3.56. The molecule has 0 radical (unpaired) electrons. The van der Waals surface area contributed by atoms with Crippen LogP contribution in [0.25, 0.3) is 0 Å². The first-order chi connectivity index (χ1) is 8.85. The SMILES string of the molecule is CC(C)(C)OC(=O)N(O)[C@@H](CCO)c1cncnc1. The highest BCUT2D eigenvalue weighted by atomic mass is 16.6. The van der Waals surface area contributed by atoms with Crippen molar-refractivity contribution >= 4 is 6.09 Å². The first-order valence-corrected chi connectivity index (χ1v) is 5.92. The van der Waals surface area contributed by atoms with Crippen LogP contribution >= 0.6 is 0 Å². The average Bonchev–Trinajstić information content (AvgIpc) is 2.34. The molecule has 7 heteroatoms. The lowest BCUT2D eigenvalue weighted by Crippen LogP contribution is -2.37. The van der Waals surface area contributed by atoms with E-state index in [4.69, 9.17) is 9.84 Å².